The molecule has 0 unspecified atom stereocenters. The summed E-state index contributed by atoms with van der Waals surface area (Å²) >= 11 is 3.16. The summed E-state index contributed by atoms with van der Waals surface area (Å²) in [6, 6.07) is 10.8. The van der Waals surface area contributed by atoms with Gasteiger partial charge >= 0.3 is 5.97 Å². The van der Waals surface area contributed by atoms with Crippen molar-refractivity contribution in [2.24, 2.45) is 0 Å². The van der Waals surface area contributed by atoms with E-state index < -0.39 is 16.0 Å². The maximum absolute atomic E-state index is 12.4. The van der Waals surface area contributed by atoms with Crippen LogP contribution in [0.15, 0.2) is 51.8 Å². The van der Waals surface area contributed by atoms with Crippen LogP contribution in [-0.4, -0.2) is 19.5 Å². The summed E-state index contributed by atoms with van der Waals surface area (Å²) in [7, 11) is -3.84. The molecule has 21 heavy (non-hydrogen) atoms. The lowest BCUT2D eigenvalue weighted by atomic mass is 10.2. The van der Waals surface area contributed by atoms with Gasteiger partial charge in [0.1, 0.15) is 0 Å². The topological polar surface area (TPSA) is 83.5 Å². The Kier molecular flexibility index (Phi) is 4.34. The van der Waals surface area contributed by atoms with Crippen LogP contribution in [0.3, 0.4) is 0 Å². The first-order valence-corrected chi connectivity index (χ1v) is 8.20. The van der Waals surface area contributed by atoms with E-state index in [9.17, 15) is 13.2 Å². The van der Waals surface area contributed by atoms with Crippen LogP contribution in [0.5, 0.6) is 0 Å². The van der Waals surface area contributed by atoms with E-state index in [4.69, 9.17) is 5.11 Å². The quantitative estimate of drug-likeness (QED) is 0.866. The van der Waals surface area contributed by atoms with Gasteiger partial charge in [-0.3, -0.25) is 4.72 Å². The smallest absolute Gasteiger partial charge is 0.337 e. The lowest BCUT2D eigenvalue weighted by Gasteiger charge is -2.12. The third-order valence-electron chi connectivity index (χ3n) is 2.84. The van der Waals surface area contributed by atoms with Gasteiger partial charge in [-0.1, -0.05) is 34.1 Å². The minimum atomic E-state index is -3.84. The summed E-state index contributed by atoms with van der Waals surface area (Å²) < 4.78 is 27.6. The van der Waals surface area contributed by atoms with Crippen molar-refractivity contribution in [2.45, 2.75) is 11.8 Å². The molecule has 0 aliphatic carbocycles. The van der Waals surface area contributed by atoms with Gasteiger partial charge < -0.3 is 5.11 Å². The minimum absolute atomic E-state index is 0.0222. The van der Waals surface area contributed by atoms with Crippen molar-refractivity contribution in [1.29, 1.82) is 0 Å². The summed E-state index contributed by atoms with van der Waals surface area (Å²) in [5, 5.41) is 9.16. The predicted molar refractivity (Wildman–Crippen MR) is 83.1 cm³/mol. The molecule has 2 aromatic carbocycles. The van der Waals surface area contributed by atoms with Crippen LogP contribution in [0.4, 0.5) is 5.69 Å². The van der Waals surface area contributed by atoms with Crippen molar-refractivity contribution >= 4 is 37.6 Å². The van der Waals surface area contributed by atoms with Gasteiger partial charge in [0, 0.05) is 4.47 Å². The molecule has 0 saturated heterocycles. The molecule has 0 heterocycles. The molecule has 0 spiro atoms. The third kappa shape index (κ3) is 3.43. The zero-order chi connectivity index (χ0) is 15.6. The number of sulfonamides is 1. The van der Waals surface area contributed by atoms with E-state index in [0.717, 1.165) is 0 Å². The average Bonchev–Trinajstić information content (AvgIpc) is 2.40. The number of aromatic carboxylic acids is 1. The Balaban J connectivity index is 2.47. The molecule has 0 aromatic heterocycles. The van der Waals surface area contributed by atoms with Crippen molar-refractivity contribution in [2.75, 3.05) is 4.72 Å². The molecule has 0 fully saturated rings. The first-order chi connectivity index (χ1) is 9.81. The van der Waals surface area contributed by atoms with Crippen molar-refractivity contribution in [3.63, 3.8) is 0 Å². The highest BCUT2D eigenvalue weighted by atomic mass is 79.9. The normalized spacial score (nSPS) is 11.1. The molecule has 0 amide bonds. The molecule has 0 atom stereocenters. The number of anilines is 1. The molecule has 110 valence electrons. The van der Waals surface area contributed by atoms with Gasteiger partial charge in [-0.25, -0.2) is 13.2 Å². The number of aryl methyl sites for hydroxylation is 1. The lowest BCUT2D eigenvalue weighted by molar-refractivity contribution is 0.0698. The van der Waals surface area contributed by atoms with E-state index in [1.165, 1.54) is 18.2 Å². The third-order valence-corrected chi connectivity index (χ3v) is 4.86. The van der Waals surface area contributed by atoms with Gasteiger partial charge in [0.25, 0.3) is 10.0 Å². The molecule has 2 aromatic rings. The fraction of sp³-hybridized carbons (Fsp3) is 0.0714. The summed E-state index contributed by atoms with van der Waals surface area (Å²) in [4.78, 5) is 11.3. The fourth-order valence-corrected chi connectivity index (χ4v) is 3.53. The van der Waals surface area contributed by atoms with Crippen molar-refractivity contribution in [3.8, 4) is 0 Å². The molecule has 0 aliphatic heterocycles. The fourth-order valence-electron chi connectivity index (χ4n) is 1.84. The Labute approximate surface area is 130 Å². The Morgan fingerprint density at radius 3 is 2.48 bits per heavy atom. The second-order valence-electron chi connectivity index (χ2n) is 4.37. The van der Waals surface area contributed by atoms with Crippen LogP contribution < -0.4 is 4.72 Å². The van der Waals surface area contributed by atoms with Gasteiger partial charge in [-0.15, -0.1) is 0 Å². The molecule has 0 aliphatic rings. The molecular formula is C14H12BrNO4S. The summed E-state index contributed by atoms with van der Waals surface area (Å²) in [6.07, 6.45) is 0. The monoisotopic (exact) mass is 369 g/mol. The molecule has 0 saturated carbocycles. The van der Waals surface area contributed by atoms with Crippen molar-refractivity contribution in [3.05, 3.63) is 58.1 Å². The van der Waals surface area contributed by atoms with Crippen LogP contribution in [0.1, 0.15) is 15.9 Å². The van der Waals surface area contributed by atoms with Crippen LogP contribution in [0, 0.1) is 6.92 Å². The van der Waals surface area contributed by atoms with Crippen molar-refractivity contribution < 1.29 is 18.3 Å². The minimum Gasteiger partial charge on any atom is -0.478 e. The van der Waals surface area contributed by atoms with Gasteiger partial charge in [-0.2, -0.15) is 0 Å². The zero-order valence-electron chi connectivity index (χ0n) is 11.0. The molecule has 0 radical (unpaired) electrons. The van der Waals surface area contributed by atoms with E-state index in [1.54, 1.807) is 31.2 Å². The van der Waals surface area contributed by atoms with E-state index in [2.05, 4.69) is 20.7 Å². The molecule has 7 heteroatoms. The van der Waals surface area contributed by atoms with Gasteiger partial charge in [0.05, 0.1) is 16.1 Å². The number of carboxylic acid groups (broad SMARTS) is 1. The second kappa shape index (κ2) is 5.87. The van der Waals surface area contributed by atoms with Gasteiger partial charge in [0.15, 0.2) is 0 Å². The summed E-state index contributed by atoms with van der Waals surface area (Å²) in [6.45, 7) is 1.67. The molecule has 2 rings (SSSR count). The molecule has 5 nitrogen and oxygen atoms in total. The second-order valence-corrected chi connectivity index (χ2v) is 6.93. The largest absolute Gasteiger partial charge is 0.478 e. The first kappa shape index (κ1) is 15.5. The standard InChI is InChI=1S/C14H12BrNO4S/c1-9-4-2-3-5-13(9)21(19,20)16-12-7-6-10(15)8-11(12)14(17)18/h2-8,16H,1H3,(H,17,18). The Bertz CT molecular complexity index is 802. The number of rotatable bonds is 4. The maximum Gasteiger partial charge on any atom is 0.337 e. The molecule has 0 bridgehead atoms. The van der Waals surface area contributed by atoms with Crippen LogP contribution >= 0.6 is 15.9 Å². The predicted octanol–water partition coefficient (Wildman–Crippen LogP) is 3.26. The van der Waals surface area contributed by atoms with Crippen molar-refractivity contribution in [1.82, 2.24) is 0 Å². The SMILES string of the molecule is Cc1ccccc1S(=O)(=O)Nc1ccc(Br)cc1C(=O)O. The zero-order valence-corrected chi connectivity index (χ0v) is 13.4. The highest BCUT2D eigenvalue weighted by Gasteiger charge is 2.20. The van der Waals surface area contributed by atoms with Crippen LogP contribution in [-0.2, 0) is 10.0 Å². The number of hydrogen-bond donors (Lipinski definition) is 2. The van der Waals surface area contributed by atoms with Gasteiger partial charge in [-0.05, 0) is 36.8 Å². The average molecular weight is 370 g/mol. The Morgan fingerprint density at radius 2 is 1.86 bits per heavy atom. The number of nitrogens with one attached hydrogen (secondary N) is 1. The number of halogens is 1. The molecule has 2 N–H and O–H groups in total. The molecular weight excluding hydrogens is 358 g/mol. The Hall–Kier alpha value is -1.86. The first-order valence-electron chi connectivity index (χ1n) is 5.92. The Morgan fingerprint density at radius 1 is 1.19 bits per heavy atom. The van der Waals surface area contributed by atoms with E-state index in [0.29, 0.717) is 10.0 Å². The number of carboxylic acids is 1. The summed E-state index contributed by atoms with van der Waals surface area (Å²) in [5.74, 6) is -1.21. The van der Waals surface area contributed by atoms with E-state index in [1.807, 2.05) is 0 Å². The highest BCUT2D eigenvalue weighted by Crippen LogP contribution is 2.25. The number of hydrogen-bond acceptors (Lipinski definition) is 3. The van der Waals surface area contributed by atoms with Crippen LogP contribution in [0.2, 0.25) is 0 Å². The van der Waals surface area contributed by atoms with E-state index in [-0.39, 0.29) is 16.1 Å². The van der Waals surface area contributed by atoms with Gasteiger partial charge in [0.2, 0.25) is 0 Å². The highest BCUT2D eigenvalue weighted by molar-refractivity contribution is 9.10. The van der Waals surface area contributed by atoms with E-state index >= 15 is 0 Å². The maximum atomic E-state index is 12.4. The number of carbonyl (C=O) groups is 1. The lowest BCUT2D eigenvalue weighted by Crippen LogP contribution is -2.16. The van der Waals surface area contributed by atoms with Crippen LogP contribution in [0.25, 0.3) is 0 Å². The summed E-state index contributed by atoms with van der Waals surface area (Å²) in [5.41, 5.74) is 0.481. The number of benzene rings is 2.